The van der Waals surface area contributed by atoms with Gasteiger partial charge in [0.15, 0.2) is 6.29 Å². The van der Waals surface area contributed by atoms with Crippen LogP contribution in [0.25, 0.3) is 0 Å². The van der Waals surface area contributed by atoms with Gasteiger partial charge in [-0.2, -0.15) is 0 Å². The average molecular weight is 912 g/mol. The minimum atomic E-state index is 0.466. The highest BCUT2D eigenvalue weighted by Crippen LogP contribution is 2.36. The van der Waals surface area contributed by atoms with Crippen LogP contribution in [0.3, 0.4) is 0 Å². The number of hydrogen-bond donors (Lipinski definition) is 0. The lowest BCUT2D eigenvalue weighted by molar-refractivity contribution is 0.111. The summed E-state index contributed by atoms with van der Waals surface area (Å²) in [5.74, 6) is 8.15. The van der Waals surface area contributed by atoms with Crippen molar-refractivity contribution >= 4 is 6.29 Å². The maximum absolute atomic E-state index is 13.2. The zero-order valence-electron chi connectivity index (χ0n) is 45.9. The minimum Gasteiger partial charge on any atom is -0.493 e. The predicted molar refractivity (Wildman–Crippen MR) is 286 cm³/mol. The van der Waals surface area contributed by atoms with Crippen molar-refractivity contribution in [3.05, 3.63) is 17.7 Å². The van der Waals surface area contributed by atoms with E-state index in [1.54, 1.807) is 0 Å². The van der Waals surface area contributed by atoms with E-state index in [-0.39, 0.29) is 0 Å². The third-order valence-corrected chi connectivity index (χ3v) is 15.2. The van der Waals surface area contributed by atoms with Gasteiger partial charge in [0.1, 0.15) is 17.2 Å². The second kappa shape index (κ2) is 40.2. The third kappa shape index (κ3) is 31.1. The van der Waals surface area contributed by atoms with E-state index in [9.17, 15) is 4.79 Å². The van der Waals surface area contributed by atoms with Gasteiger partial charge in [-0.15, -0.1) is 0 Å². The van der Waals surface area contributed by atoms with Gasteiger partial charge in [0.05, 0.1) is 25.4 Å². The molecule has 65 heavy (non-hydrogen) atoms. The van der Waals surface area contributed by atoms with Gasteiger partial charge in [-0.3, -0.25) is 4.79 Å². The van der Waals surface area contributed by atoms with Crippen LogP contribution in [0.15, 0.2) is 12.1 Å². The van der Waals surface area contributed by atoms with Crippen molar-refractivity contribution < 1.29 is 19.0 Å². The van der Waals surface area contributed by atoms with Crippen molar-refractivity contribution in [3.8, 4) is 17.2 Å². The number of hydrogen-bond acceptors (Lipinski definition) is 4. The number of carbonyl (C=O) groups excluding carboxylic acids is 1. The van der Waals surface area contributed by atoms with Gasteiger partial charge >= 0.3 is 0 Å². The zero-order chi connectivity index (χ0) is 48.1. The Morgan fingerprint density at radius 2 is 0.615 bits per heavy atom. The summed E-state index contributed by atoms with van der Waals surface area (Å²) >= 11 is 0. The number of benzene rings is 1. The van der Waals surface area contributed by atoms with E-state index in [4.69, 9.17) is 14.2 Å². The van der Waals surface area contributed by atoms with E-state index in [1.165, 1.54) is 193 Å². The Morgan fingerprint density at radius 1 is 0.354 bits per heavy atom. The summed E-state index contributed by atoms with van der Waals surface area (Å²) in [6, 6.07) is 4.06. The Kier molecular flexibility index (Phi) is 37.9. The summed E-state index contributed by atoms with van der Waals surface area (Å²) in [6.45, 7) is 30.3. The summed E-state index contributed by atoms with van der Waals surface area (Å²) in [7, 11) is 0. The molecule has 4 heteroatoms. The molecule has 1 rings (SSSR count). The van der Waals surface area contributed by atoms with Crippen molar-refractivity contribution in [2.24, 2.45) is 53.3 Å². The van der Waals surface area contributed by atoms with Crippen LogP contribution < -0.4 is 14.2 Å². The molecule has 0 N–H and O–H groups in total. The molecule has 1 aromatic carbocycles. The molecule has 0 aliphatic rings. The monoisotopic (exact) mass is 911 g/mol. The molecule has 9 atom stereocenters. The molecule has 0 heterocycles. The lowest BCUT2D eigenvalue weighted by atomic mass is 9.90. The lowest BCUT2D eigenvalue weighted by Crippen LogP contribution is -2.17. The van der Waals surface area contributed by atoms with E-state index in [1.807, 2.05) is 12.1 Å². The highest BCUT2D eigenvalue weighted by molar-refractivity contribution is 5.84. The van der Waals surface area contributed by atoms with Crippen LogP contribution in [0.2, 0.25) is 0 Å². The largest absolute Gasteiger partial charge is 0.493 e. The highest BCUT2D eigenvalue weighted by Gasteiger charge is 2.21. The van der Waals surface area contributed by atoms with Crippen LogP contribution in [-0.4, -0.2) is 26.1 Å². The molecule has 0 saturated heterocycles. The molecular weight excluding hydrogens is 797 g/mol. The Bertz CT molecular complexity index is 1160. The third-order valence-electron chi connectivity index (χ3n) is 15.2. The standard InChI is InChI=1S/C61H114O4/c1-13-25-49(7)31-19-22-34-55(40-37-52(10)28-16-4)46-63-58-43-60(64-47-56(41-38-53(11)29-17-5)35-23-20-32-50(8)26-14-2)59(45-62)61(44-58)65-48-57(42-39-54(12)30-18-6)36-24-21-33-51(9)27-15-3/h43-45,49-57H,13-42,46-48H2,1-12H3. The maximum atomic E-state index is 13.2. The molecule has 1 aromatic rings. The number of ether oxygens (including phenoxy) is 3. The molecule has 0 aliphatic heterocycles. The van der Waals surface area contributed by atoms with Crippen molar-refractivity contribution in [1.82, 2.24) is 0 Å². The Hall–Kier alpha value is -1.71. The van der Waals surface area contributed by atoms with Crippen molar-refractivity contribution in [1.29, 1.82) is 0 Å². The maximum Gasteiger partial charge on any atom is 0.157 e. The van der Waals surface area contributed by atoms with Crippen molar-refractivity contribution in [2.45, 2.75) is 276 Å². The molecule has 4 nitrogen and oxygen atoms in total. The van der Waals surface area contributed by atoms with Crippen LogP contribution in [0.5, 0.6) is 17.2 Å². The smallest absolute Gasteiger partial charge is 0.157 e. The molecule has 0 spiro atoms. The van der Waals surface area contributed by atoms with Gasteiger partial charge in [-0.1, -0.05) is 237 Å². The molecule has 0 radical (unpaired) electrons. The number of rotatable bonds is 46. The summed E-state index contributed by atoms with van der Waals surface area (Å²) in [5, 5.41) is 0. The summed E-state index contributed by atoms with van der Waals surface area (Å²) in [5.41, 5.74) is 0.557. The molecular formula is C61H114O4. The first-order valence-corrected chi connectivity index (χ1v) is 28.9. The first kappa shape index (κ1) is 61.3. The number of carbonyl (C=O) groups is 1. The van der Waals surface area contributed by atoms with E-state index >= 15 is 0 Å². The fourth-order valence-electron chi connectivity index (χ4n) is 10.7. The molecule has 0 amide bonds. The summed E-state index contributed by atoms with van der Waals surface area (Å²) < 4.78 is 20.6. The Balaban J connectivity index is 3.48. The molecule has 0 fully saturated rings. The topological polar surface area (TPSA) is 44.8 Å². The van der Waals surface area contributed by atoms with Crippen LogP contribution in [-0.2, 0) is 0 Å². The van der Waals surface area contributed by atoms with E-state index in [0.717, 1.165) is 47.5 Å². The van der Waals surface area contributed by atoms with Gasteiger partial charge in [-0.25, -0.2) is 0 Å². The van der Waals surface area contributed by atoms with Crippen molar-refractivity contribution in [2.75, 3.05) is 19.8 Å². The fourth-order valence-corrected chi connectivity index (χ4v) is 10.7. The molecule has 0 aliphatic carbocycles. The average Bonchev–Trinajstić information content (AvgIpc) is 3.27. The first-order valence-electron chi connectivity index (χ1n) is 28.9. The number of aldehydes is 1. The van der Waals surface area contributed by atoms with Gasteiger partial charge in [-0.05, 0) is 91.8 Å². The second-order valence-electron chi connectivity index (χ2n) is 22.4. The van der Waals surface area contributed by atoms with Gasteiger partial charge < -0.3 is 14.2 Å². The van der Waals surface area contributed by atoms with Crippen molar-refractivity contribution in [3.63, 3.8) is 0 Å². The highest BCUT2D eigenvalue weighted by atomic mass is 16.5. The Labute approximate surface area is 407 Å². The van der Waals surface area contributed by atoms with E-state index in [2.05, 4.69) is 83.1 Å². The van der Waals surface area contributed by atoms with E-state index < -0.39 is 0 Å². The van der Waals surface area contributed by atoms with Crippen LogP contribution in [0.4, 0.5) is 0 Å². The van der Waals surface area contributed by atoms with Crippen LogP contribution in [0, 0.1) is 53.3 Å². The molecule has 382 valence electrons. The zero-order valence-corrected chi connectivity index (χ0v) is 45.9. The van der Waals surface area contributed by atoms with E-state index in [0.29, 0.717) is 54.6 Å². The van der Waals surface area contributed by atoms with Gasteiger partial charge in [0.2, 0.25) is 0 Å². The second-order valence-corrected chi connectivity index (χ2v) is 22.4. The fraction of sp³-hybridized carbons (Fsp3) is 0.885. The quantitative estimate of drug-likeness (QED) is 0.0483. The first-order chi connectivity index (χ1) is 31.4. The summed E-state index contributed by atoms with van der Waals surface area (Å²) in [6.07, 6.45) is 38.8. The molecule has 0 bridgehead atoms. The van der Waals surface area contributed by atoms with Gasteiger partial charge in [0, 0.05) is 12.1 Å². The lowest BCUT2D eigenvalue weighted by Gasteiger charge is -2.24. The number of unbranched alkanes of at least 4 members (excludes halogenated alkanes) is 3. The summed E-state index contributed by atoms with van der Waals surface area (Å²) in [4.78, 5) is 13.2. The molecule has 0 saturated carbocycles. The van der Waals surface area contributed by atoms with Crippen LogP contribution >= 0.6 is 0 Å². The Morgan fingerprint density at radius 3 is 0.892 bits per heavy atom. The normalized spacial score (nSPS) is 16.0. The molecule has 0 aromatic heterocycles. The van der Waals surface area contributed by atoms with Gasteiger partial charge in [0.25, 0.3) is 0 Å². The SMILES string of the molecule is CCCC(C)CCCCC(CCC(C)CCC)COc1cc(OCC(CCCCC(C)CCC)CCC(C)CCC)c(C=O)c(OCC(CCCCC(C)CCC)CCC(C)CCC)c1. The van der Waals surface area contributed by atoms with Crippen LogP contribution in [0.1, 0.15) is 286 Å². The minimum absolute atomic E-state index is 0.466. The molecule has 9 unspecified atom stereocenters. The predicted octanol–water partition coefficient (Wildman–Crippen LogP) is 20.1.